The highest BCUT2D eigenvalue weighted by atomic mass is 35.5. The summed E-state index contributed by atoms with van der Waals surface area (Å²) in [5.74, 6) is 0. The molecule has 0 amide bonds. The molecule has 0 atom stereocenters. The van der Waals surface area contributed by atoms with E-state index in [9.17, 15) is 0 Å². The Kier molecular flexibility index (Phi) is 9.20. The van der Waals surface area contributed by atoms with E-state index in [4.69, 9.17) is 5.73 Å². The third-order valence-corrected chi connectivity index (χ3v) is 1.43. The van der Waals surface area contributed by atoms with Crippen LogP contribution in [-0.2, 0) is 0 Å². The fourth-order valence-electron chi connectivity index (χ4n) is 0.624. The molecule has 0 aromatic rings. The third kappa shape index (κ3) is 16.8. The predicted molar refractivity (Wildman–Crippen MR) is 53.0 cm³/mol. The van der Waals surface area contributed by atoms with Gasteiger partial charge in [-0.25, -0.2) is 0 Å². The lowest BCUT2D eigenvalue weighted by Gasteiger charge is -2.28. The second-order valence-corrected chi connectivity index (χ2v) is 4.75. The zero-order valence-electron chi connectivity index (χ0n) is 8.72. The number of halogens is 2. The Hall–Kier alpha value is 0.500. The van der Waals surface area contributed by atoms with Crippen LogP contribution in [0, 0.1) is 0 Å². The fraction of sp³-hybridized carbons (Fsp3) is 1.00. The molecule has 0 heterocycles. The van der Waals surface area contributed by atoms with Gasteiger partial charge in [0.2, 0.25) is 0 Å². The van der Waals surface area contributed by atoms with Gasteiger partial charge in [-0.05, 0) is 13.8 Å². The summed E-state index contributed by atoms with van der Waals surface area (Å²) in [4.78, 5) is 0. The topological polar surface area (TPSA) is 26.0 Å². The highest BCUT2D eigenvalue weighted by molar-refractivity contribution is 5.85. The molecule has 0 fully saturated rings. The summed E-state index contributed by atoms with van der Waals surface area (Å²) in [7, 11) is 6.56. The van der Waals surface area contributed by atoms with Gasteiger partial charge in [0, 0.05) is 12.0 Å². The van der Waals surface area contributed by atoms with Crippen LogP contribution >= 0.6 is 12.4 Å². The number of quaternary nitrogens is 1. The van der Waals surface area contributed by atoms with Crippen LogP contribution in [0.5, 0.6) is 0 Å². The molecule has 0 aromatic carbocycles. The second-order valence-electron chi connectivity index (χ2n) is 4.75. The van der Waals surface area contributed by atoms with Gasteiger partial charge in [-0.15, -0.1) is 12.4 Å². The summed E-state index contributed by atoms with van der Waals surface area (Å²) in [5.41, 5.74) is 5.82. The minimum Gasteiger partial charge on any atom is -1.00 e. The van der Waals surface area contributed by atoms with Crippen LogP contribution in [0.3, 0.4) is 0 Å². The molecule has 2 N–H and O–H groups in total. The molecule has 4 heteroatoms. The van der Waals surface area contributed by atoms with Gasteiger partial charge in [0.25, 0.3) is 0 Å². The lowest BCUT2D eigenvalue weighted by atomic mass is 10.0. The smallest absolute Gasteiger partial charge is 0.0797 e. The molecule has 0 aliphatic heterocycles. The highest BCUT2D eigenvalue weighted by Crippen LogP contribution is 2.05. The molecule has 0 saturated carbocycles. The summed E-state index contributed by atoms with van der Waals surface area (Å²) < 4.78 is 1.00. The molecule has 0 aliphatic carbocycles. The van der Waals surface area contributed by atoms with E-state index < -0.39 is 0 Å². The maximum Gasteiger partial charge on any atom is 0.0797 e. The SMILES string of the molecule is CC(C)(N)CC[N+](C)(C)C.Cl.[Cl-]. The average molecular weight is 217 g/mol. The van der Waals surface area contributed by atoms with Crippen molar-refractivity contribution in [3.8, 4) is 0 Å². The predicted octanol–water partition coefficient (Wildman–Crippen LogP) is -1.75. The van der Waals surface area contributed by atoms with Crippen molar-refractivity contribution in [1.29, 1.82) is 0 Å². The number of nitrogens with two attached hydrogens (primary N) is 1. The normalized spacial score (nSPS) is 11.5. The highest BCUT2D eigenvalue weighted by Gasteiger charge is 2.15. The van der Waals surface area contributed by atoms with Crippen LogP contribution in [0.1, 0.15) is 20.3 Å². The molecule has 0 rings (SSSR count). The van der Waals surface area contributed by atoms with Crippen molar-refractivity contribution >= 4 is 12.4 Å². The second kappa shape index (κ2) is 6.03. The molecule has 0 bridgehead atoms. The van der Waals surface area contributed by atoms with Crippen molar-refractivity contribution in [2.24, 2.45) is 5.73 Å². The van der Waals surface area contributed by atoms with Gasteiger partial charge in [0.1, 0.15) is 0 Å². The maximum absolute atomic E-state index is 5.83. The summed E-state index contributed by atoms with van der Waals surface area (Å²) in [6, 6.07) is 0. The summed E-state index contributed by atoms with van der Waals surface area (Å²) in [6.45, 7) is 5.29. The average Bonchev–Trinajstić information content (AvgIpc) is 1.57. The van der Waals surface area contributed by atoms with Crippen molar-refractivity contribution in [2.45, 2.75) is 25.8 Å². The Morgan fingerprint density at radius 1 is 1.17 bits per heavy atom. The number of hydrogen-bond acceptors (Lipinski definition) is 1. The Bertz CT molecular complexity index is 88.6. The van der Waals surface area contributed by atoms with Crippen LogP contribution in [0.2, 0.25) is 0 Å². The van der Waals surface area contributed by atoms with Crippen LogP contribution < -0.4 is 18.1 Å². The van der Waals surface area contributed by atoms with E-state index >= 15 is 0 Å². The minimum absolute atomic E-state index is 0. The monoisotopic (exact) mass is 216 g/mol. The largest absolute Gasteiger partial charge is 1.00 e. The Labute approximate surface area is 88.9 Å². The van der Waals surface area contributed by atoms with E-state index in [1.165, 1.54) is 0 Å². The summed E-state index contributed by atoms with van der Waals surface area (Å²) in [5, 5.41) is 0. The van der Waals surface area contributed by atoms with Crippen LogP contribution in [0.15, 0.2) is 0 Å². The van der Waals surface area contributed by atoms with Crippen molar-refractivity contribution in [1.82, 2.24) is 0 Å². The first-order valence-corrected chi connectivity index (χ1v) is 3.80. The van der Waals surface area contributed by atoms with Gasteiger partial charge in [0.05, 0.1) is 27.7 Å². The van der Waals surface area contributed by atoms with Gasteiger partial charge in [-0.2, -0.15) is 0 Å². The first-order chi connectivity index (χ1) is 4.21. The lowest BCUT2D eigenvalue weighted by molar-refractivity contribution is -0.870. The summed E-state index contributed by atoms with van der Waals surface area (Å²) >= 11 is 0. The zero-order chi connectivity index (χ0) is 8.41. The van der Waals surface area contributed by atoms with Crippen LogP contribution in [-0.4, -0.2) is 37.7 Å². The molecule has 0 aromatic heterocycles. The van der Waals surface area contributed by atoms with Gasteiger partial charge >= 0.3 is 0 Å². The van der Waals surface area contributed by atoms with E-state index in [1.807, 2.05) is 0 Å². The molecule has 0 radical (unpaired) electrons. The quantitative estimate of drug-likeness (QED) is 0.557. The first kappa shape index (κ1) is 18.3. The molecule has 2 nitrogen and oxygen atoms in total. The van der Waals surface area contributed by atoms with Crippen molar-refractivity contribution in [3.05, 3.63) is 0 Å². The Morgan fingerprint density at radius 2 is 1.50 bits per heavy atom. The van der Waals surface area contributed by atoms with Crippen molar-refractivity contribution < 1.29 is 16.9 Å². The van der Waals surface area contributed by atoms with Gasteiger partial charge in [-0.3, -0.25) is 0 Å². The van der Waals surface area contributed by atoms with Gasteiger partial charge in [0.15, 0.2) is 0 Å². The summed E-state index contributed by atoms with van der Waals surface area (Å²) in [6.07, 6.45) is 1.08. The molecule has 12 heavy (non-hydrogen) atoms. The number of hydrogen-bond donors (Lipinski definition) is 1. The Morgan fingerprint density at radius 3 is 1.58 bits per heavy atom. The minimum atomic E-state index is -0.00840. The van der Waals surface area contributed by atoms with E-state index in [0.29, 0.717) is 0 Å². The van der Waals surface area contributed by atoms with Gasteiger partial charge < -0.3 is 22.6 Å². The van der Waals surface area contributed by atoms with Crippen LogP contribution in [0.4, 0.5) is 0 Å². The van der Waals surface area contributed by atoms with E-state index in [-0.39, 0.29) is 30.4 Å². The molecular weight excluding hydrogens is 195 g/mol. The van der Waals surface area contributed by atoms with Gasteiger partial charge in [-0.1, -0.05) is 0 Å². The lowest BCUT2D eigenvalue weighted by Crippen LogP contribution is -3.00. The van der Waals surface area contributed by atoms with Crippen LogP contribution in [0.25, 0.3) is 0 Å². The zero-order valence-corrected chi connectivity index (χ0v) is 10.3. The van der Waals surface area contributed by atoms with E-state index in [2.05, 4.69) is 35.0 Å². The standard InChI is InChI=1S/C8H21N2.2ClH/c1-8(2,9)6-7-10(3,4)5;;/h6-7,9H2,1-5H3;2*1H/q+1;;/p-1. The molecular formula is C8H22Cl2N2. The van der Waals surface area contributed by atoms with Crippen molar-refractivity contribution in [2.75, 3.05) is 27.7 Å². The molecule has 0 spiro atoms. The van der Waals surface area contributed by atoms with Crippen molar-refractivity contribution in [3.63, 3.8) is 0 Å². The maximum atomic E-state index is 5.83. The molecule has 0 aliphatic rings. The van der Waals surface area contributed by atoms with E-state index in [0.717, 1.165) is 17.4 Å². The first-order valence-electron chi connectivity index (χ1n) is 3.80. The third-order valence-electron chi connectivity index (χ3n) is 1.43. The number of rotatable bonds is 3. The van der Waals surface area contributed by atoms with E-state index in [1.54, 1.807) is 0 Å². The molecule has 0 saturated heterocycles. The number of nitrogens with zero attached hydrogens (tertiary/aromatic N) is 1. The Balaban J connectivity index is -0.000000405. The fourth-order valence-corrected chi connectivity index (χ4v) is 0.624. The molecule has 78 valence electrons. The molecule has 0 unspecified atom stereocenters.